The summed E-state index contributed by atoms with van der Waals surface area (Å²) in [6.45, 7) is 7.65. The highest BCUT2D eigenvalue weighted by atomic mass is 32.2. The lowest BCUT2D eigenvalue weighted by molar-refractivity contribution is -0.146. The standard InChI is InChI=1S/C25H31NO4S2/c1-18-10-8-13-20(16-18)21(26-23(28)30-24(2,3)4)25(31-14-9-15-32-25)22(27)29-17-19-11-6-5-7-12-19/h5-8,10-13,16,21H,9,14-15,17H2,1-4H3,(H,26,28)/t21-/m0/s1. The third kappa shape index (κ3) is 6.45. The number of ether oxygens (including phenoxy) is 2. The Labute approximate surface area is 199 Å². The molecule has 3 rings (SSSR count). The monoisotopic (exact) mass is 473 g/mol. The van der Waals surface area contributed by atoms with E-state index in [2.05, 4.69) is 5.32 Å². The topological polar surface area (TPSA) is 64.6 Å². The Morgan fingerprint density at radius 2 is 1.75 bits per heavy atom. The first kappa shape index (κ1) is 24.5. The zero-order valence-corrected chi connectivity index (χ0v) is 20.7. The maximum absolute atomic E-state index is 13.6. The van der Waals surface area contributed by atoms with E-state index in [9.17, 15) is 9.59 Å². The molecule has 0 bridgehead atoms. The maximum atomic E-state index is 13.6. The van der Waals surface area contributed by atoms with Gasteiger partial charge in [0, 0.05) is 0 Å². The van der Waals surface area contributed by atoms with Crippen LogP contribution in [0.3, 0.4) is 0 Å². The van der Waals surface area contributed by atoms with E-state index >= 15 is 0 Å². The molecule has 1 saturated heterocycles. The molecule has 0 saturated carbocycles. The molecular formula is C25H31NO4S2. The van der Waals surface area contributed by atoms with Crippen molar-refractivity contribution in [3.63, 3.8) is 0 Å². The van der Waals surface area contributed by atoms with Gasteiger partial charge in [-0.15, -0.1) is 23.5 Å². The van der Waals surface area contributed by atoms with Crippen LogP contribution in [0.15, 0.2) is 54.6 Å². The number of thioether (sulfide) groups is 2. The van der Waals surface area contributed by atoms with Crippen LogP contribution < -0.4 is 5.32 Å². The van der Waals surface area contributed by atoms with Crippen LogP contribution in [0, 0.1) is 6.92 Å². The summed E-state index contributed by atoms with van der Waals surface area (Å²) in [5.41, 5.74) is 2.19. The van der Waals surface area contributed by atoms with E-state index in [0.717, 1.165) is 34.6 Å². The molecule has 32 heavy (non-hydrogen) atoms. The molecule has 0 unspecified atom stereocenters. The van der Waals surface area contributed by atoms with Crippen molar-refractivity contribution in [2.24, 2.45) is 0 Å². The zero-order valence-electron chi connectivity index (χ0n) is 19.1. The minimum Gasteiger partial charge on any atom is -0.459 e. The SMILES string of the molecule is Cc1cccc([C@H](NC(=O)OC(C)(C)C)C2(C(=O)OCc3ccccc3)SCCCS2)c1. The van der Waals surface area contributed by atoms with Gasteiger partial charge < -0.3 is 14.8 Å². The Morgan fingerprint density at radius 3 is 2.38 bits per heavy atom. The van der Waals surface area contributed by atoms with Crippen LogP contribution in [0.25, 0.3) is 0 Å². The molecule has 0 radical (unpaired) electrons. The number of carbonyl (C=O) groups excluding carboxylic acids is 2. The van der Waals surface area contributed by atoms with Crippen LogP contribution in [0.4, 0.5) is 4.79 Å². The minimum absolute atomic E-state index is 0.190. The van der Waals surface area contributed by atoms with Gasteiger partial charge in [-0.1, -0.05) is 60.2 Å². The second kappa shape index (κ2) is 10.7. The highest BCUT2D eigenvalue weighted by molar-refractivity contribution is 8.20. The summed E-state index contributed by atoms with van der Waals surface area (Å²) in [6.07, 6.45) is 0.446. The van der Waals surface area contributed by atoms with Gasteiger partial charge in [-0.3, -0.25) is 0 Å². The van der Waals surface area contributed by atoms with Crippen molar-refractivity contribution >= 4 is 35.6 Å². The molecule has 172 valence electrons. The summed E-state index contributed by atoms with van der Waals surface area (Å²) < 4.78 is 10.4. The zero-order chi connectivity index (χ0) is 23.2. The number of rotatable bonds is 6. The highest BCUT2D eigenvalue weighted by Gasteiger charge is 2.51. The normalized spacial score (nSPS) is 16.6. The molecule has 1 amide bonds. The third-order valence-corrected chi connectivity index (χ3v) is 8.19. The fourth-order valence-electron chi connectivity index (χ4n) is 3.45. The van der Waals surface area contributed by atoms with E-state index in [1.165, 1.54) is 0 Å². The lowest BCUT2D eigenvalue weighted by atomic mass is 10.0. The van der Waals surface area contributed by atoms with Crippen molar-refractivity contribution in [1.82, 2.24) is 5.32 Å². The Morgan fingerprint density at radius 1 is 1.06 bits per heavy atom. The fraction of sp³-hybridized carbons (Fsp3) is 0.440. The molecule has 5 nitrogen and oxygen atoms in total. The van der Waals surface area contributed by atoms with Gasteiger partial charge in [-0.05, 0) is 56.7 Å². The van der Waals surface area contributed by atoms with E-state index in [-0.39, 0.29) is 12.6 Å². The average Bonchev–Trinajstić information content (AvgIpc) is 2.76. The van der Waals surface area contributed by atoms with Gasteiger partial charge in [0.1, 0.15) is 12.2 Å². The molecule has 1 aliphatic rings. The summed E-state index contributed by atoms with van der Waals surface area (Å²) >= 11 is 3.08. The lowest BCUT2D eigenvalue weighted by Crippen LogP contribution is -2.50. The van der Waals surface area contributed by atoms with Crippen LogP contribution in [-0.2, 0) is 20.9 Å². The predicted molar refractivity (Wildman–Crippen MR) is 132 cm³/mol. The number of carbonyl (C=O) groups is 2. The number of hydrogen-bond donors (Lipinski definition) is 1. The predicted octanol–water partition coefficient (Wildman–Crippen LogP) is 5.87. The van der Waals surface area contributed by atoms with E-state index in [1.807, 2.05) is 82.3 Å². The lowest BCUT2D eigenvalue weighted by Gasteiger charge is -2.40. The van der Waals surface area contributed by atoms with Crippen molar-refractivity contribution in [3.05, 3.63) is 71.3 Å². The van der Waals surface area contributed by atoms with Crippen LogP contribution in [0.5, 0.6) is 0 Å². The Kier molecular flexibility index (Phi) is 8.17. The number of hydrogen-bond acceptors (Lipinski definition) is 6. The van der Waals surface area contributed by atoms with Crippen molar-refractivity contribution in [3.8, 4) is 0 Å². The van der Waals surface area contributed by atoms with E-state index < -0.39 is 21.8 Å². The van der Waals surface area contributed by atoms with Crippen molar-refractivity contribution in [2.45, 2.75) is 56.4 Å². The molecule has 0 aromatic heterocycles. The second-order valence-corrected chi connectivity index (χ2v) is 11.7. The first-order valence-electron chi connectivity index (χ1n) is 10.7. The van der Waals surface area contributed by atoms with Gasteiger partial charge in [0.25, 0.3) is 0 Å². The summed E-state index contributed by atoms with van der Waals surface area (Å²) in [7, 11) is 0. The average molecular weight is 474 g/mol. The van der Waals surface area contributed by atoms with E-state index in [1.54, 1.807) is 23.5 Å². The first-order chi connectivity index (χ1) is 15.2. The fourth-order valence-corrected chi connectivity index (χ4v) is 6.72. The Balaban J connectivity index is 1.93. The highest BCUT2D eigenvalue weighted by Crippen LogP contribution is 2.51. The number of nitrogens with one attached hydrogen (secondary N) is 1. The van der Waals surface area contributed by atoms with E-state index in [4.69, 9.17) is 9.47 Å². The van der Waals surface area contributed by atoms with Gasteiger partial charge in [0.05, 0.1) is 6.04 Å². The molecule has 1 aliphatic heterocycles. The van der Waals surface area contributed by atoms with Crippen LogP contribution in [0.2, 0.25) is 0 Å². The number of esters is 1. The van der Waals surface area contributed by atoms with Crippen molar-refractivity contribution < 1.29 is 19.1 Å². The van der Waals surface area contributed by atoms with Crippen molar-refractivity contribution in [1.29, 1.82) is 0 Å². The first-order valence-corrected chi connectivity index (χ1v) is 12.7. The molecule has 1 atom stereocenters. The molecule has 2 aromatic carbocycles. The molecule has 0 aliphatic carbocycles. The summed E-state index contributed by atoms with van der Waals surface area (Å²) in [5.74, 6) is 1.29. The van der Waals surface area contributed by atoms with Crippen LogP contribution in [0.1, 0.15) is 49.9 Å². The van der Waals surface area contributed by atoms with E-state index in [0.29, 0.717) is 0 Å². The third-order valence-electron chi connectivity index (χ3n) is 4.84. The largest absolute Gasteiger partial charge is 0.459 e. The molecule has 1 N–H and O–H groups in total. The summed E-state index contributed by atoms with van der Waals surface area (Å²) in [5, 5.41) is 3.00. The van der Waals surface area contributed by atoms with Crippen LogP contribution in [-0.4, -0.2) is 33.2 Å². The maximum Gasteiger partial charge on any atom is 0.408 e. The quantitative estimate of drug-likeness (QED) is 0.529. The second-order valence-electron chi connectivity index (χ2n) is 8.77. The van der Waals surface area contributed by atoms with Gasteiger partial charge >= 0.3 is 12.1 Å². The Bertz CT molecular complexity index is 921. The summed E-state index contributed by atoms with van der Waals surface area (Å²) in [4.78, 5) is 26.4. The van der Waals surface area contributed by atoms with Gasteiger partial charge in [-0.2, -0.15) is 0 Å². The number of alkyl carbamates (subject to hydrolysis) is 1. The van der Waals surface area contributed by atoms with Crippen LogP contribution >= 0.6 is 23.5 Å². The molecule has 1 heterocycles. The van der Waals surface area contributed by atoms with Gasteiger partial charge in [0.15, 0.2) is 4.08 Å². The number of amides is 1. The molecule has 7 heteroatoms. The Hall–Kier alpha value is -2.12. The smallest absolute Gasteiger partial charge is 0.408 e. The number of aryl methyl sites for hydroxylation is 1. The molecule has 0 spiro atoms. The van der Waals surface area contributed by atoms with Crippen molar-refractivity contribution in [2.75, 3.05) is 11.5 Å². The molecular weight excluding hydrogens is 442 g/mol. The molecule has 2 aromatic rings. The molecule has 1 fully saturated rings. The van der Waals surface area contributed by atoms with Gasteiger partial charge in [-0.25, -0.2) is 9.59 Å². The summed E-state index contributed by atoms with van der Waals surface area (Å²) in [6, 6.07) is 16.9. The minimum atomic E-state index is -1.00. The van der Waals surface area contributed by atoms with Gasteiger partial charge in [0.2, 0.25) is 0 Å². The number of benzene rings is 2.